The van der Waals surface area contributed by atoms with Crippen molar-refractivity contribution in [1.82, 2.24) is 0 Å². The van der Waals surface area contributed by atoms with Crippen LogP contribution in [0.15, 0.2) is 108 Å². The maximum Gasteiger partial charge on any atom is 0.338 e. The van der Waals surface area contributed by atoms with Crippen LogP contribution in [0.5, 0.6) is 11.5 Å². The maximum absolute atomic E-state index is 12.3. The van der Waals surface area contributed by atoms with Gasteiger partial charge in [-0.05, 0) is 42.5 Å². The SMILES string of the molecule is O=C(OCCOc1c2ccccc2c(OCCOC(=O)c2ccccc2)c2cc(Br)ccc12)c1ccccc1. The third kappa shape index (κ3) is 6.21. The topological polar surface area (TPSA) is 71.1 Å². The van der Waals surface area contributed by atoms with Crippen molar-refractivity contribution < 1.29 is 28.5 Å². The van der Waals surface area contributed by atoms with Crippen LogP contribution in [-0.2, 0) is 9.47 Å². The van der Waals surface area contributed by atoms with E-state index >= 15 is 0 Å². The number of hydrogen-bond donors (Lipinski definition) is 0. The first kappa shape index (κ1) is 26.3. The predicted octanol–water partition coefficient (Wildman–Crippen LogP) is 7.23. The summed E-state index contributed by atoms with van der Waals surface area (Å²) < 4.78 is 24.1. The fraction of sp³-hybridized carbons (Fsp3) is 0.125. The number of rotatable bonds is 10. The third-order valence-electron chi connectivity index (χ3n) is 6.03. The van der Waals surface area contributed by atoms with Gasteiger partial charge in [0.1, 0.15) is 37.9 Å². The third-order valence-corrected chi connectivity index (χ3v) is 6.53. The molecule has 0 unspecified atom stereocenters. The Bertz CT molecular complexity index is 1600. The van der Waals surface area contributed by atoms with Gasteiger partial charge in [0.05, 0.1) is 11.1 Å². The number of carbonyl (C=O) groups is 2. The molecule has 0 aliphatic carbocycles. The summed E-state index contributed by atoms with van der Waals surface area (Å²) in [4.78, 5) is 24.6. The second kappa shape index (κ2) is 12.5. The van der Waals surface area contributed by atoms with E-state index in [-0.39, 0.29) is 26.4 Å². The van der Waals surface area contributed by atoms with Crippen molar-refractivity contribution in [3.63, 3.8) is 0 Å². The molecule has 0 aliphatic rings. The van der Waals surface area contributed by atoms with Gasteiger partial charge in [0.2, 0.25) is 0 Å². The van der Waals surface area contributed by atoms with Crippen molar-refractivity contribution >= 4 is 49.4 Å². The van der Waals surface area contributed by atoms with Gasteiger partial charge >= 0.3 is 11.9 Å². The zero-order valence-electron chi connectivity index (χ0n) is 21.0. The number of halogens is 1. The normalized spacial score (nSPS) is 10.8. The van der Waals surface area contributed by atoms with Crippen molar-refractivity contribution in [1.29, 1.82) is 0 Å². The summed E-state index contributed by atoms with van der Waals surface area (Å²) in [7, 11) is 0. The first-order valence-electron chi connectivity index (χ1n) is 12.5. The molecule has 0 saturated heterocycles. The summed E-state index contributed by atoms with van der Waals surface area (Å²) in [6.07, 6.45) is 0. The summed E-state index contributed by atoms with van der Waals surface area (Å²) in [6, 6.07) is 31.4. The lowest BCUT2D eigenvalue weighted by molar-refractivity contribution is 0.0443. The van der Waals surface area contributed by atoms with Gasteiger partial charge in [-0.15, -0.1) is 0 Å². The van der Waals surface area contributed by atoms with Crippen molar-refractivity contribution in [2.45, 2.75) is 0 Å². The lowest BCUT2D eigenvalue weighted by Crippen LogP contribution is -2.13. The molecule has 0 amide bonds. The number of hydrogen-bond acceptors (Lipinski definition) is 6. The van der Waals surface area contributed by atoms with Crippen LogP contribution in [0.25, 0.3) is 21.5 Å². The molecule has 0 radical (unpaired) electrons. The Morgan fingerprint density at radius 3 is 1.46 bits per heavy atom. The van der Waals surface area contributed by atoms with Gasteiger partial charge < -0.3 is 18.9 Å². The molecule has 0 atom stereocenters. The molecule has 5 aromatic carbocycles. The van der Waals surface area contributed by atoms with Crippen LogP contribution in [0.3, 0.4) is 0 Å². The summed E-state index contributed by atoms with van der Waals surface area (Å²) >= 11 is 3.56. The van der Waals surface area contributed by atoms with Crippen LogP contribution >= 0.6 is 15.9 Å². The Kier molecular flexibility index (Phi) is 8.39. The van der Waals surface area contributed by atoms with Gasteiger partial charge in [-0.3, -0.25) is 0 Å². The highest BCUT2D eigenvalue weighted by Gasteiger charge is 2.17. The molecule has 39 heavy (non-hydrogen) atoms. The predicted molar refractivity (Wildman–Crippen MR) is 154 cm³/mol. The first-order chi connectivity index (χ1) is 19.1. The highest BCUT2D eigenvalue weighted by atomic mass is 79.9. The van der Waals surface area contributed by atoms with Gasteiger partial charge in [-0.2, -0.15) is 0 Å². The Hall–Kier alpha value is -4.36. The summed E-state index contributed by atoms with van der Waals surface area (Å²) in [5, 5.41) is 3.41. The van der Waals surface area contributed by atoms with E-state index in [1.807, 2.05) is 54.6 Å². The van der Waals surface area contributed by atoms with Gasteiger partial charge in [0.25, 0.3) is 0 Å². The number of carbonyl (C=O) groups excluding carboxylic acids is 2. The van der Waals surface area contributed by atoms with Crippen LogP contribution in [0.2, 0.25) is 0 Å². The molecule has 196 valence electrons. The largest absolute Gasteiger partial charge is 0.489 e. The summed E-state index contributed by atoms with van der Waals surface area (Å²) in [5.41, 5.74) is 0.988. The highest BCUT2D eigenvalue weighted by Crippen LogP contribution is 2.43. The number of ether oxygens (including phenoxy) is 4. The average Bonchev–Trinajstić information content (AvgIpc) is 2.98. The van der Waals surface area contributed by atoms with Crippen molar-refractivity contribution in [2.75, 3.05) is 26.4 Å². The lowest BCUT2D eigenvalue weighted by Gasteiger charge is -2.18. The van der Waals surface area contributed by atoms with E-state index in [1.54, 1.807) is 48.5 Å². The Morgan fingerprint density at radius 2 is 0.949 bits per heavy atom. The molecule has 0 saturated carbocycles. The van der Waals surface area contributed by atoms with Crippen molar-refractivity contribution in [3.8, 4) is 11.5 Å². The van der Waals surface area contributed by atoms with Gasteiger partial charge in [0, 0.05) is 26.0 Å². The van der Waals surface area contributed by atoms with Gasteiger partial charge in [-0.1, -0.05) is 76.6 Å². The van der Waals surface area contributed by atoms with Crippen molar-refractivity contribution in [3.05, 3.63) is 119 Å². The fourth-order valence-electron chi connectivity index (χ4n) is 4.25. The summed E-state index contributed by atoms with van der Waals surface area (Å²) in [5.74, 6) is 0.551. The lowest BCUT2D eigenvalue weighted by atomic mass is 10.0. The van der Waals surface area contributed by atoms with E-state index in [2.05, 4.69) is 15.9 Å². The van der Waals surface area contributed by atoms with Crippen molar-refractivity contribution in [2.24, 2.45) is 0 Å². The van der Waals surface area contributed by atoms with Crippen LogP contribution in [0.1, 0.15) is 20.7 Å². The molecule has 0 bridgehead atoms. The van der Waals surface area contributed by atoms with E-state index in [9.17, 15) is 9.59 Å². The minimum Gasteiger partial charge on any atom is -0.489 e. The van der Waals surface area contributed by atoms with Gasteiger partial charge in [-0.25, -0.2) is 9.59 Å². The zero-order valence-corrected chi connectivity index (χ0v) is 22.6. The van der Waals surface area contributed by atoms with E-state index in [1.165, 1.54) is 0 Å². The van der Waals surface area contributed by atoms with E-state index in [0.717, 1.165) is 26.0 Å². The molecule has 0 aliphatic heterocycles. The molecule has 5 rings (SSSR count). The minimum absolute atomic E-state index is 0.0998. The molecule has 0 spiro atoms. The van der Waals surface area contributed by atoms with Crippen LogP contribution < -0.4 is 9.47 Å². The molecule has 0 N–H and O–H groups in total. The number of benzene rings is 5. The standard InChI is InChI=1S/C32H25BrO6/c33-24-15-16-27-28(21-24)30(37-18-20-39-32(35)23-11-5-2-6-12-23)26-14-8-7-13-25(26)29(27)36-17-19-38-31(34)22-9-3-1-4-10-22/h1-16,21H,17-20H2. The molecular formula is C32H25BrO6. The Balaban J connectivity index is 1.34. The van der Waals surface area contributed by atoms with E-state index < -0.39 is 11.9 Å². The second-order valence-corrected chi connectivity index (χ2v) is 9.51. The number of esters is 2. The Labute approximate surface area is 234 Å². The fourth-order valence-corrected chi connectivity index (χ4v) is 4.62. The zero-order chi connectivity index (χ0) is 27.0. The molecular weight excluding hydrogens is 560 g/mol. The highest BCUT2D eigenvalue weighted by molar-refractivity contribution is 9.10. The van der Waals surface area contributed by atoms with Gasteiger partial charge in [0.15, 0.2) is 0 Å². The first-order valence-corrected chi connectivity index (χ1v) is 13.2. The monoisotopic (exact) mass is 584 g/mol. The summed E-state index contributed by atoms with van der Waals surface area (Å²) in [6.45, 7) is 0.566. The van der Waals surface area contributed by atoms with Crippen LogP contribution in [-0.4, -0.2) is 38.4 Å². The molecule has 0 aromatic heterocycles. The Morgan fingerprint density at radius 1 is 0.513 bits per heavy atom. The molecule has 0 heterocycles. The molecule has 7 heteroatoms. The second-order valence-electron chi connectivity index (χ2n) is 8.59. The average molecular weight is 585 g/mol. The van der Waals surface area contributed by atoms with Crippen LogP contribution in [0, 0.1) is 0 Å². The van der Waals surface area contributed by atoms with Crippen LogP contribution in [0.4, 0.5) is 0 Å². The quantitative estimate of drug-likeness (QED) is 0.0979. The van der Waals surface area contributed by atoms with E-state index in [0.29, 0.717) is 22.6 Å². The molecule has 6 nitrogen and oxygen atoms in total. The molecule has 5 aromatic rings. The van der Waals surface area contributed by atoms with E-state index in [4.69, 9.17) is 18.9 Å². The smallest absolute Gasteiger partial charge is 0.338 e. The minimum atomic E-state index is -0.395. The molecule has 0 fully saturated rings. The maximum atomic E-state index is 12.3. The number of fused-ring (bicyclic) bond motifs is 2.